The summed E-state index contributed by atoms with van der Waals surface area (Å²) < 4.78 is 13.0. The van der Waals surface area contributed by atoms with E-state index in [1.165, 1.54) is 6.07 Å². The van der Waals surface area contributed by atoms with Crippen LogP contribution >= 0.6 is 12.6 Å². The lowest BCUT2D eigenvalue weighted by atomic mass is 10.0. The zero-order valence-electron chi connectivity index (χ0n) is 6.99. The molecule has 1 aromatic rings. The maximum atomic E-state index is 13.0. The van der Waals surface area contributed by atoms with Crippen molar-refractivity contribution in [3.05, 3.63) is 29.1 Å². The van der Waals surface area contributed by atoms with E-state index in [0.717, 1.165) is 6.07 Å². The van der Waals surface area contributed by atoms with Gasteiger partial charge in [0.15, 0.2) is 0 Å². The molecule has 0 atom stereocenters. The first-order valence-electron chi connectivity index (χ1n) is 3.68. The van der Waals surface area contributed by atoms with Gasteiger partial charge in [0.25, 0.3) is 0 Å². The number of rotatable bonds is 2. The topological polar surface area (TPSA) is 61.1 Å². The number of thiol groups is 1. The molecule has 0 aliphatic heterocycles. The molecule has 1 N–H and O–H groups in total. The number of carboxylic acid groups (broad SMARTS) is 1. The molecule has 72 valence electrons. The Morgan fingerprint density at radius 1 is 1.64 bits per heavy atom. The Kier molecular flexibility index (Phi) is 3.10. The Morgan fingerprint density at radius 2 is 2.29 bits per heavy atom. The summed E-state index contributed by atoms with van der Waals surface area (Å²) in [6, 6.07) is 4.04. The van der Waals surface area contributed by atoms with Gasteiger partial charge in [-0.15, -0.1) is 12.6 Å². The van der Waals surface area contributed by atoms with Crippen LogP contribution in [0.3, 0.4) is 0 Å². The number of halogens is 1. The van der Waals surface area contributed by atoms with Crippen LogP contribution in [0.1, 0.15) is 11.1 Å². The van der Waals surface area contributed by atoms with Crippen molar-refractivity contribution in [2.24, 2.45) is 0 Å². The molecule has 14 heavy (non-hydrogen) atoms. The maximum absolute atomic E-state index is 13.0. The van der Waals surface area contributed by atoms with Crippen molar-refractivity contribution in [2.75, 3.05) is 0 Å². The van der Waals surface area contributed by atoms with E-state index in [0.29, 0.717) is 4.90 Å². The van der Waals surface area contributed by atoms with Gasteiger partial charge in [0, 0.05) is 4.90 Å². The summed E-state index contributed by atoms with van der Waals surface area (Å²) in [6.45, 7) is 0. The van der Waals surface area contributed by atoms with Gasteiger partial charge in [-0.05, 0) is 17.7 Å². The summed E-state index contributed by atoms with van der Waals surface area (Å²) in [5, 5.41) is 17.2. The molecule has 0 heterocycles. The predicted octanol–water partition coefficient (Wildman–Crippen LogP) is 1.61. The van der Waals surface area contributed by atoms with Crippen LogP contribution in [0.2, 0.25) is 0 Å². The minimum atomic E-state index is -1.12. The standard InChI is InChI=1S/C9H6FNO2S/c10-7-1-2-8(14)5(3-9(12)13)6(7)4-11/h1-2,14H,3H2,(H,12,13). The van der Waals surface area contributed by atoms with Gasteiger partial charge in [0.05, 0.1) is 12.0 Å². The monoisotopic (exact) mass is 211 g/mol. The van der Waals surface area contributed by atoms with Crippen LogP contribution in [0.5, 0.6) is 0 Å². The average Bonchev–Trinajstić information content (AvgIpc) is 2.11. The molecule has 0 aromatic heterocycles. The molecular formula is C9H6FNO2S. The zero-order chi connectivity index (χ0) is 10.7. The number of aliphatic carboxylic acids is 1. The van der Waals surface area contributed by atoms with E-state index >= 15 is 0 Å². The first-order valence-corrected chi connectivity index (χ1v) is 4.13. The van der Waals surface area contributed by atoms with Crippen LogP contribution in [0.15, 0.2) is 17.0 Å². The Hall–Kier alpha value is -1.54. The molecule has 3 nitrogen and oxygen atoms in total. The first kappa shape index (κ1) is 10.5. The van der Waals surface area contributed by atoms with E-state index < -0.39 is 18.2 Å². The Labute approximate surface area is 85.2 Å². The molecule has 1 rings (SSSR count). The molecule has 0 saturated heterocycles. The number of nitrogens with zero attached hydrogens (tertiary/aromatic N) is 1. The Morgan fingerprint density at radius 3 is 2.79 bits per heavy atom. The molecule has 0 aliphatic carbocycles. The second-order valence-electron chi connectivity index (χ2n) is 2.60. The Balaban J connectivity index is 3.31. The lowest BCUT2D eigenvalue weighted by molar-refractivity contribution is -0.136. The van der Waals surface area contributed by atoms with E-state index in [1.807, 2.05) is 0 Å². The molecule has 0 spiro atoms. The summed E-state index contributed by atoms with van der Waals surface area (Å²) in [5.74, 6) is -1.84. The van der Waals surface area contributed by atoms with Crippen molar-refractivity contribution >= 4 is 18.6 Å². The van der Waals surface area contributed by atoms with Crippen LogP contribution < -0.4 is 0 Å². The molecule has 0 saturated carbocycles. The quantitative estimate of drug-likeness (QED) is 0.730. The highest BCUT2D eigenvalue weighted by molar-refractivity contribution is 7.80. The summed E-state index contributed by atoms with van der Waals surface area (Å²) in [6.07, 6.45) is -0.403. The molecule has 0 bridgehead atoms. The highest BCUT2D eigenvalue weighted by Crippen LogP contribution is 2.21. The molecule has 0 amide bonds. The van der Waals surface area contributed by atoms with Gasteiger partial charge in [0.1, 0.15) is 11.9 Å². The Bertz CT molecular complexity index is 426. The minimum Gasteiger partial charge on any atom is -0.481 e. The highest BCUT2D eigenvalue weighted by atomic mass is 32.1. The fourth-order valence-electron chi connectivity index (χ4n) is 1.06. The van der Waals surface area contributed by atoms with Gasteiger partial charge in [-0.3, -0.25) is 4.79 Å². The smallest absolute Gasteiger partial charge is 0.307 e. The van der Waals surface area contributed by atoms with Gasteiger partial charge >= 0.3 is 5.97 Å². The molecule has 0 aliphatic rings. The van der Waals surface area contributed by atoms with Crippen molar-refractivity contribution in [3.8, 4) is 6.07 Å². The van der Waals surface area contributed by atoms with Crippen molar-refractivity contribution in [1.29, 1.82) is 5.26 Å². The molecule has 0 radical (unpaired) electrons. The van der Waals surface area contributed by atoms with E-state index in [-0.39, 0.29) is 11.1 Å². The lowest BCUT2D eigenvalue weighted by Gasteiger charge is -2.04. The summed E-state index contributed by atoms with van der Waals surface area (Å²) in [7, 11) is 0. The maximum Gasteiger partial charge on any atom is 0.307 e. The SMILES string of the molecule is N#Cc1c(F)ccc(S)c1CC(=O)O. The summed E-state index contributed by atoms with van der Waals surface area (Å²) in [4.78, 5) is 10.7. The predicted molar refractivity (Wildman–Crippen MR) is 49.7 cm³/mol. The molecule has 0 unspecified atom stereocenters. The van der Waals surface area contributed by atoms with Crippen molar-refractivity contribution in [3.63, 3.8) is 0 Å². The fourth-order valence-corrected chi connectivity index (χ4v) is 1.32. The number of carboxylic acids is 1. The van der Waals surface area contributed by atoms with E-state index in [1.54, 1.807) is 6.07 Å². The third-order valence-corrected chi connectivity index (χ3v) is 2.10. The largest absolute Gasteiger partial charge is 0.481 e. The zero-order valence-corrected chi connectivity index (χ0v) is 7.88. The van der Waals surface area contributed by atoms with Crippen molar-refractivity contribution in [1.82, 2.24) is 0 Å². The molecule has 1 aromatic carbocycles. The molecule has 0 fully saturated rings. The van der Waals surface area contributed by atoms with Gasteiger partial charge in [-0.25, -0.2) is 4.39 Å². The van der Waals surface area contributed by atoms with Crippen LogP contribution in [-0.4, -0.2) is 11.1 Å². The van der Waals surface area contributed by atoms with Crippen LogP contribution in [0.4, 0.5) is 4.39 Å². The summed E-state index contributed by atoms with van der Waals surface area (Å²) >= 11 is 3.96. The van der Waals surface area contributed by atoms with Gasteiger partial charge in [-0.1, -0.05) is 0 Å². The number of hydrogen-bond acceptors (Lipinski definition) is 3. The second-order valence-corrected chi connectivity index (χ2v) is 3.08. The number of nitriles is 1. The third kappa shape index (κ3) is 2.03. The lowest BCUT2D eigenvalue weighted by Crippen LogP contribution is -2.04. The number of hydrogen-bond donors (Lipinski definition) is 2. The normalized spacial score (nSPS) is 9.50. The van der Waals surface area contributed by atoms with Gasteiger partial charge < -0.3 is 5.11 Å². The first-order chi connectivity index (χ1) is 6.56. The minimum absolute atomic E-state index is 0.114. The number of benzene rings is 1. The third-order valence-electron chi connectivity index (χ3n) is 1.68. The van der Waals surface area contributed by atoms with Crippen molar-refractivity contribution in [2.45, 2.75) is 11.3 Å². The average molecular weight is 211 g/mol. The van der Waals surface area contributed by atoms with Gasteiger partial charge in [-0.2, -0.15) is 5.26 Å². The summed E-state index contributed by atoms with van der Waals surface area (Å²) in [5.41, 5.74) is -0.136. The fraction of sp³-hybridized carbons (Fsp3) is 0.111. The second kappa shape index (κ2) is 4.11. The van der Waals surface area contributed by atoms with Crippen LogP contribution in [0, 0.1) is 17.1 Å². The van der Waals surface area contributed by atoms with Gasteiger partial charge in [0.2, 0.25) is 0 Å². The van der Waals surface area contributed by atoms with E-state index in [4.69, 9.17) is 10.4 Å². The molecular weight excluding hydrogens is 205 g/mol. The highest BCUT2D eigenvalue weighted by Gasteiger charge is 2.14. The number of carbonyl (C=O) groups is 1. The van der Waals surface area contributed by atoms with E-state index in [9.17, 15) is 9.18 Å². The van der Waals surface area contributed by atoms with Crippen LogP contribution in [0.25, 0.3) is 0 Å². The van der Waals surface area contributed by atoms with E-state index in [2.05, 4.69) is 12.6 Å². The van der Waals surface area contributed by atoms with Crippen LogP contribution in [-0.2, 0) is 11.2 Å². The molecule has 5 heteroatoms. The van der Waals surface area contributed by atoms with Crippen molar-refractivity contribution < 1.29 is 14.3 Å².